The van der Waals surface area contributed by atoms with Crippen molar-refractivity contribution in [2.45, 2.75) is 24.8 Å². The number of nitrogens with zero attached hydrogens (tertiary/aromatic N) is 1. The van der Waals surface area contributed by atoms with E-state index in [0.29, 0.717) is 18.8 Å². The van der Waals surface area contributed by atoms with Gasteiger partial charge in [-0.2, -0.15) is 0 Å². The summed E-state index contributed by atoms with van der Waals surface area (Å²) < 4.78 is 33.2. The van der Waals surface area contributed by atoms with E-state index >= 15 is 0 Å². The summed E-state index contributed by atoms with van der Waals surface area (Å²) in [7, 11) is -3.90. The summed E-state index contributed by atoms with van der Waals surface area (Å²) >= 11 is 0. The second-order valence-electron chi connectivity index (χ2n) is 7.91. The lowest BCUT2D eigenvalue weighted by molar-refractivity contribution is -0.135. The molecule has 0 saturated heterocycles. The van der Waals surface area contributed by atoms with Crippen LogP contribution in [0.25, 0.3) is 0 Å². The van der Waals surface area contributed by atoms with E-state index in [0.717, 1.165) is 17.5 Å². The van der Waals surface area contributed by atoms with Gasteiger partial charge in [0.05, 0.1) is 10.5 Å². The number of esters is 1. The molecule has 0 aliphatic carbocycles. The van der Waals surface area contributed by atoms with Crippen molar-refractivity contribution < 1.29 is 22.7 Å². The third kappa shape index (κ3) is 5.40. The molecule has 1 aliphatic rings. The molecule has 1 N–H and O–H groups in total. The van der Waals surface area contributed by atoms with Crippen molar-refractivity contribution in [1.29, 1.82) is 0 Å². The lowest BCUT2D eigenvalue weighted by atomic mass is 10.00. The van der Waals surface area contributed by atoms with E-state index in [1.807, 2.05) is 37.3 Å². The van der Waals surface area contributed by atoms with Gasteiger partial charge in [0, 0.05) is 18.8 Å². The molecular formula is C25H24N2O5S. The van der Waals surface area contributed by atoms with Crippen LogP contribution in [-0.4, -0.2) is 38.3 Å². The fraction of sp³-hybridized carbons (Fsp3) is 0.200. The Morgan fingerprint density at radius 3 is 2.52 bits per heavy atom. The van der Waals surface area contributed by atoms with Crippen molar-refractivity contribution in [3.05, 3.63) is 95.1 Å². The maximum absolute atomic E-state index is 12.7. The molecule has 7 nitrogen and oxygen atoms in total. The highest BCUT2D eigenvalue weighted by Crippen LogP contribution is 2.20. The van der Waals surface area contributed by atoms with Crippen molar-refractivity contribution in [2.75, 3.05) is 17.9 Å². The van der Waals surface area contributed by atoms with Gasteiger partial charge in [-0.05, 0) is 60.4 Å². The number of carbonyl (C=O) groups excluding carboxylic acids is 2. The van der Waals surface area contributed by atoms with Crippen molar-refractivity contribution in [2.24, 2.45) is 0 Å². The summed E-state index contributed by atoms with van der Waals surface area (Å²) in [5.74, 6) is -1.05. The Morgan fingerprint density at radius 1 is 0.970 bits per heavy atom. The molecule has 1 heterocycles. The molecule has 1 amide bonds. The lowest BCUT2D eigenvalue weighted by Crippen LogP contribution is -2.38. The maximum atomic E-state index is 12.7. The standard InChI is InChI=1S/C25H24N2O5S/c1-18-6-4-10-22(14-18)26-33(30,31)23-11-5-9-20(15-23)25(29)32-17-24(28)27-13-12-19-7-2-3-8-21(19)16-27/h2-11,14-15,26H,12-13,16-17H2,1H3. The van der Waals surface area contributed by atoms with Gasteiger partial charge in [-0.15, -0.1) is 0 Å². The number of hydrogen-bond acceptors (Lipinski definition) is 5. The van der Waals surface area contributed by atoms with Gasteiger partial charge in [0.25, 0.3) is 15.9 Å². The Balaban J connectivity index is 1.39. The number of anilines is 1. The predicted molar refractivity (Wildman–Crippen MR) is 124 cm³/mol. The van der Waals surface area contributed by atoms with Crippen molar-refractivity contribution in [3.63, 3.8) is 0 Å². The number of benzene rings is 3. The normalized spacial score (nSPS) is 13.2. The molecule has 1 aliphatic heterocycles. The summed E-state index contributed by atoms with van der Waals surface area (Å²) in [6, 6.07) is 20.5. The fourth-order valence-electron chi connectivity index (χ4n) is 3.72. The molecule has 0 bridgehead atoms. The third-order valence-corrected chi connectivity index (χ3v) is 6.84. The molecule has 0 spiro atoms. The average Bonchev–Trinajstić information content (AvgIpc) is 2.82. The van der Waals surface area contributed by atoms with Crippen LogP contribution in [0.15, 0.2) is 77.7 Å². The number of carbonyl (C=O) groups is 2. The van der Waals surface area contributed by atoms with Crippen LogP contribution in [0.2, 0.25) is 0 Å². The third-order valence-electron chi connectivity index (χ3n) is 5.46. The SMILES string of the molecule is Cc1cccc(NS(=O)(=O)c2cccc(C(=O)OCC(=O)N3CCc4ccccc4C3)c2)c1. The highest BCUT2D eigenvalue weighted by atomic mass is 32.2. The molecule has 0 radical (unpaired) electrons. The Hall–Kier alpha value is -3.65. The second kappa shape index (κ2) is 9.46. The highest BCUT2D eigenvalue weighted by molar-refractivity contribution is 7.92. The maximum Gasteiger partial charge on any atom is 0.338 e. The number of ether oxygens (including phenoxy) is 1. The van der Waals surface area contributed by atoms with E-state index in [1.165, 1.54) is 29.8 Å². The van der Waals surface area contributed by atoms with Gasteiger partial charge in [-0.1, -0.05) is 42.5 Å². The van der Waals surface area contributed by atoms with E-state index in [-0.39, 0.29) is 16.4 Å². The fourth-order valence-corrected chi connectivity index (χ4v) is 4.82. The van der Waals surface area contributed by atoms with Gasteiger partial charge in [-0.25, -0.2) is 13.2 Å². The van der Waals surface area contributed by atoms with Crippen molar-refractivity contribution in [3.8, 4) is 0 Å². The largest absolute Gasteiger partial charge is 0.452 e. The van der Waals surface area contributed by atoms with E-state index in [2.05, 4.69) is 4.72 Å². The predicted octanol–water partition coefficient (Wildman–Crippen LogP) is 3.54. The van der Waals surface area contributed by atoms with Crippen LogP contribution < -0.4 is 4.72 Å². The van der Waals surface area contributed by atoms with Crippen LogP contribution in [0.1, 0.15) is 27.0 Å². The molecule has 0 atom stereocenters. The molecule has 3 aromatic carbocycles. The first kappa shape index (κ1) is 22.5. The molecule has 3 aromatic rings. The van der Waals surface area contributed by atoms with Gasteiger partial charge < -0.3 is 9.64 Å². The quantitative estimate of drug-likeness (QED) is 0.564. The number of fused-ring (bicyclic) bond motifs is 1. The van der Waals surface area contributed by atoms with Gasteiger partial charge in [0.2, 0.25) is 0 Å². The molecule has 0 unspecified atom stereocenters. The molecule has 0 aromatic heterocycles. The minimum absolute atomic E-state index is 0.0545. The topological polar surface area (TPSA) is 92.8 Å². The molecule has 8 heteroatoms. The molecule has 33 heavy (non-hydrogen) atoms. The van der Waals surface area contributed by atoms with E-state index in [4.69, 9.17) is 4.74 Å². The van der Waals surface area contributed by atoms with Crippen LogP contribution in [0.3, 0.4) is 0 Å². The smallest absolute Gasteiger partial charge is 0.338 e. The average molecular weight is 465 g/mol. The van der Waals surface area contributed by atoms with Gasteiger partial charge in [-0.3, -0.25) is 9.52 Å². The summed E-state index contributed by atoms with van der Waals surface area (Å²) in [5, 5.41) is 0. The Morgan fingerprint density at radius 2 is 1.73 bits per heavy atom. The second-order valence-corrected chi connectivity index (χ2v) is 9.60. The van der Waals surface area contributed by atoms with Crippen molar-refractivity contribution >= 4 is 27.6 Å². The van der Waals surface area contributed by atoms with Crippen LogP contribution in [-0.2, 0) is 32.5 Å². The van der Waals surface area contributed by atoms with Gasteiger partial charge >= 0.3 is 5.97 Å². The Labute approximate surface area is 193 Å². The van der Waals surface area contributed by atoms with E-state index < -0.39 is 22.6 Å². The molecule has 4 rings (SSSR count). The summed E-state index contributed by atoms with van der Waals surface area (Å²) in [4.78, 5) is 26.6. The highest BCUT2D eigenvalue weighted by Gasteiger charge is 2.22. The zero-order valence-corrected chi connectivity index (χ0v) is 19.0. The van der Waals surface area contributed by atoms with Gasteiger partial charge in [0.15, 0.2) is 6.61 Å². The first-order valence-corrected chi connectivity index (χ1v) is 12.0. The number of nitrogens with one attached hydrogen (secondary N) is 1. The lowest BCUT2D eigenvalue weighted by Gasteiger charge is -2.28. The van der Waals surface area contributed by atoms with Crippen LogP contribution in [0.4, 0.5) is 5.69 Å². The number of rotatable bonds is 6. The Kier molecular flexibility index (Phi) is 6.46. The first-order valence-electron chi connectivity index (χ1n) is 10.5. The molecule has 0 fully saturated rings. The van der Waals surface area contributed by atoms with E-state index in [9.17, 15) is 18.0 Å². The number of aryl methyl sites for hydroxylation is 1. The summed E-state index contributed by atoms with van der Waals surface area (Å²) in [5.41, 5.74) is 3.70. The summed E-state index contributed by atoms with van der Waals surface area (Å²) in [6.45, 7) is 2.49. The molecule has 170 valence electrons. The number of sulfonamides is 1. The number of amides is 1. The zero-order chi connectivity index (χ0) is 23.4. The monoisotopic (exact) mass is 464 g/mol. The summed E-state index contributed by atoms with van der Waals surface area (Å²) in [6.07, 6.45) is 0.754. The van der Waals surface area contributed by atoms with Crippen LogP contribution in [0.5, 0.6) is 0 Å². The number of hydrogen-bond donors (Lipinski definition) is 1. The minimum Gasteiger partial charge on any atom is -0.452 e. The van der Waals surface area contributed by atoms with Crippen molar-refractivity contribution in [1.82, 2.24) is 4.90 Å². The minimum atomic E-state index is -3.90. The zero-order valence-electron chi connectivity index (χ0n) is 18.2. The molecular weight excluding hydrogens is 440 g/mol. The van der Waals surface area contributed by atoms with Crippen LogP contribution in [0, 0.1) is 6.92 Å². The van der Waals surface area contributed by atoms with Crippen LogP contribution >= 0.6 is 0 Å². The van der Waals surface area contributed by atoms with Gasteiger partial charge in [0.1, 0.15) is 0 Å². The van der Waals surface area contributed by atoms with E-state index in [1.54, 1.807) is 23.1 Å². The molecule has 0 saturated carbocycles. The Bertz CT molecular complexity index is 1300. The first-order chi connectivity index (χ1) is 15.8.